The van der Waals surface area contributed by atoms with Crippen LogP contribution < -0.4 is 0 Å². The van der Waals surface area contributed by atoms with Crippen LogP contribution in [-0.4, -0.2) is 11.2 Å². The first-order valence-electron chi connectivity index (χ1n) is 7.43. The van der Waals surface area contributed by atoms with Crippen molar-refractivity contribution in [3.63, 3.8) is 0 Å². The maximum atomic E-state index is 4.67. The molecule has 0 aromatic carbocycles. The number of thiocarbonyl (C=S) groups is 1. The Hall–Kier alpha value is -0.200. The van der Waals surface area contributed by atoms with E-state index in [1.807, 2.05) is 0 Å². The van der Waals surface area contributed by atoms with Crippen molar-refractivity contribution < 1.29 is 0 Å². The van der Waals surface area contributed by atoms with Crippen molar-refractivity contribution >= 4 is 17.4 Å². The van der Waals surface area contributed by atoms with Crippen LogP contribution in [0.3, 0.4) is 0 Å². The molecule has 0 aliphatic heterocycles. The highest BCUT2D eigenvalue weighted by Crippen LogP contribution is 2.29. The van der Waals surface area contributed by atoms with Crippen molar-refractivity contribution in [1.29, 1.82) is 0 Å². The molecule has 1 rings (SSSR count). The average molecular weight is 253 g/mol. The lowest BCUT2D eigenvalue weighted by atomic mass is 9.83. The summed E-state index contributed by atoms with van der Waals surface area (Å²) in [5.41, 5.74) is 0. The van der Waals surface area contributed by atoms with Crippen molar-refractivity contribution in [2.45, 2.75) is 83.6 Å². The van der Waals surface area contributed by atoms with E-state index in [1.54, 1.807) is 0 Å². The van der Waals surface area contributed by atoms with Gasteiger partial charge < -0.3 is 0 Å². The smallest absolute Gasteiger partial charge is 0.0603 e. The minimum atomic E-state index is 0.494. The molecule has 0 amide bonds. The van der Waals surface area contributed by atoms with Gasteiger partial charge in [0.25, 0.3) is 0 Å². The summed E-state index contributed by atoms with van der Waals surface area (Å²) >= 11 is 4.67. The number of rotatable bonds is 8. The van der Waals surface area contributed by atoms with Crippen LogP contribution in [-0.2, 0) is 0 Å². The van der Waals surface area contributed by atoms with Gasteiger partial charge in [-0.05, 0) is 43.8 Å². The molecule has 0 spiro atoms. The quantitative estimate of drug-likeness (QED) is 0.320. The zero-order chi connectivity index (χ0) is 12.3. The van der Waals surface area contributed by atoms with E-state index in [9.17, 15) is 0 Å². The zero-order valence-corrected chi connectivity index (χ0v) is 12.1. The van der Waals surface area contributed by atoms with Crippen molar-refractivity contribution in [3.8, 4) is 0 Å². The molecule has 1 aliphatic carbocycles. The van der Waals surface area contributed by atoms with Crippen LogP contribution in [0.4, 0.5) is 0 Å². The fourth-order valence-electron chi connectivity index (χ4n) is 2.85. The lowest BCUT2D eigenvalue weighted by Gasteiger charge is -2.25. The third-order valence-corrected chi connectivity index (χ3v) is 4.12. The van der Waals surface area contributed by atoms with Crippen LogP contribution in [0.2, 0.25) is 0 Å². The molecular formula is C15H27NS. The zero-order valence-electron chi connectivity index (χ0n) is 11.3. The number of nitrogens with zero attached hydrogens (tertiary/aromatic N) is 1. The fourth-order valence-corrected chi connectivity index (χ4v) is 3.00. The number of aliphatic imine (C=N–C) groups is 1. The van der Waals surface area contributed by atoms with E-state index in [4.69, 9.17) is 0 Å². The Kier molecular flexibility index (Phi) is 8.56. The van der Waals surface area contributed by atoms with Crippen molar-refractivity contribution in [3.05, 3.63) is 0 Å². The van der Waals surface area contributed by atoms with E-state index < -0.39 is 0 Å². The normalized spacial score (nSPS) is 24.3. The first kappa shape index (κ1) is 14.9. The molecule has 1 aliphatic rings. The molecule has 0 N–H and O–H groups in total. The van der Waals surface area contributed by atoms with Gasteiger partial charge in [0.2, 0.25) is 0 Å². The number of unbranched alkanes of at least 4 members (excludes halogenated alkanes) is 5. The lowest BCUT2D eigenvalue weighted by molar-refractivity contribution is 0.304. The maximum Gasteiger partial charge on any atom is 0.0603 e. The van der Waals surface area contributed by atoms with Gasteiger partial charge in [0.1, 0.15) is 0 Å². The second-order valence-corrected chi connectivity index (χ2v) is 5.63. The van der Waals surface area contributed by atoms with Crippen LogP contribution in [0.5, 0.6) is 0 Å². The Bertz CT molecular complexity index is 225. The van der Waals surface area contributed by atoms with Crippen LogP contribution in [0.1, 0.15) is 77.6 Å². The Morgan fingerprint density at radius 2 is 1.65 bits per heavy atom. The van der Waals surface area contributed by atoms with Crippen molar-refractivity contribution in [2.75, 3.05) is 0 Å². The molecule has 98 valence electrons. The fraction of sp³-hybridized carbons (Fsp3) is 0.933. The van der Waals surface area contributed by atoms with E-state index in [0.29, 0.717) is 6.04 Å². The Balaban J connectivity index is 1.97. The molecule has 2 heteroatoms. The molecule has 0 aromatic heterocycles. The van der Waals surface area contributed by atoms with E-state index in [1.165, 1.54) is 70.6 Å². The van der Waals surface area contributed by atoms with Gasteiger partial charge >= 0.3 is 0 Å². The van der Waals surface area contributed by atoms with E-state index in [-0.39, 0.29) is 0 Å². The lowest BCUT2D eigenvalue weighted by Crippen LogP contribution is -2.16. The molecule has 0 aromatic rings. The summed E-state index contributed by atoms with van der Waals surface area (Å²) in [7, 11) is 0. The van der Waals surface area contributed by atoms with Gasteiger partial charge in [0, 0.05) is 0 Å². The van der Waals surface area contributed by atoms with Gasteiger partial charge in [-0.1, -0.05) is 51.9 Å². The van der Waals surface area contributed by atoms with Crippen molar-refractivity contribution in [1.82, 2.24) is 0 Å². The van der Waals surface area contributed by atoms with Crippen LogP contribution in [0.25, 0.3) is 0 Å². The second kappa shape index (κ2) is 9.79. The van der Waals surface area contributed by atoms with Gasteiger partial charge in [-0.3, -0.25) is 0 Å². The summed E-state index contributed by atoms with van der Waals surface area (Å²) in [6.07, 6.45) is 15.2. The third-order valence-electron chi connectivity index (χ3n) is 4.02. The molecule has 0 heterocycles. The minimum Gasteiger partial charge on any atom is -0.229 e. The molecule has 17 heavy (non-hydrogen) atoms. The third kappa shape index (κ3) is 6.95. The molecule has 0 saturated heterocycles. The summed E-state index contributed by atoms with van der Waals surface area (Å²) in [5, 5.41) is 2.53. The summed E-state index contributed by atoms with van der Waals surface area (Å²) < 4.78 is 0. The molecule has 1 nitrogen and oxygen atoms in total. The highest BCUT2D eigenvalue weighted by Gasteiger charge is 2.19. The summed E-state index contributed by atoms with van der Waals surface area (Å²) in [6.45, 7) is 2.28. The Labute approximate surface area is 112 Å². The molecule has 0 unspecified atom stereocenters. The summed E-state index contributed by atoms with van der Waals surface area (Å²) in [4.78, 5) is 4.21. The Morgan fingerprint density at radius 1 is 1.00 bits per heavy atom. The molecule has 0 atom stereocenters. The van der Waals surface area contributed by atoms with Gasteiger partial charge in [0.15, 0.2) is 0 Å². The molecular weight excluding hydrogens is 226 g/mol. The average Bonchev–Trinajstić information content (AvgIpc) is 2.36. The molecule has 0 bridgehead atoms. The largest absolute Gasteiger partial charge is 0.229 e. The standard InChI is InChI=1S/C15H27NS/c1-2-3-4-5-6-7-8-14-9-11-15(12-10-14)16-13-17/h14-15H,2-12H2,1H3. The van der Waals surface area contributed by atoms with E-state index in [0.717, 1.165) is 5.92 Å². The van der Waals surface area contributed by atoms with Gasteiger partial charge in [-0.25, -0.2) is 4.99 Å². The highest BCUT2D eigenvalue weighted by atomic mass is 32.1. The molecule has 1 saturated carbocycles. The summed E-state index contributed by atoms with van der Waals surface area (Å²) in [6, 6.07) is 0.494. The SMILES string of the molecule is CCCCCCCCC1CCC(N=C=S)CC1. The maximum absolute atomic E-state index is 4.67. The number of hydrogen-bond donors (Lipinski definition) is 0. The monoisotopic (exact) mass is 253 g/mol. The minimum absolute atomic E-state index is 0.494. The first-order chi connectivity index (χ1) is 8.36. The van der Waals surface area contributed by atoms with Gasteiger partial charge in [-0.2, -0.15) is 0 Å². The number of hydrogen-bond acceptors (Lipinski definition) is 2. The summed E-state index contributed by atoms with van der Waals surface area (Å²) in [5.74, 6) is 0.970. The van der Waals surface area contributed by atoms with Gasteiger partial charge in [-0.15, -0.1) is 0 Å². The molecule has 0 radical (unpaired) electrons. The van der Waals surface area contributed by atoms with Crippen molar-refractivity contribution in [2.24, 2.45) is 10.9 Å². The molecule has 1 fully saturated rings. The Morgan fingerprint density at radius 3 is 2.29 bits per heavy atom. The number of isothiocyanates is 1. The van der Waals surface area contributed by atoms with E-state index >= 15 is 0 Å². The predicted molar refractivity (Wildman–Crippen MR) is 78.8 cm³/mol. The van der Waals surface area contributed by atoms with Crippen LogP contribution in [0.15, 0.2) is 4.99 Å². The second-order valence-electron chi connectivity index (χ2n) is 5.45. The van der Waals surface area contributed by atoms with Crippen LogP contribution >= 0.6 is 12.2 Å². The first-order valence-corrected chi connectivity index (χ1v) is 7.84. The highest BCUT2D eigenvalue weighted by molar-refractivity contribution is 7.78. The topological polar surface area (TPSA) is 12.4 Å². The van der Waals surface area contributed by atoms with Crippen LogP contribution in [0, 0.1) is 5.92 Å². The van der Waals surface area contributed by atoms with E-state index in [2.05, 4.69) is 29.3 Å². The van der Waals surface area contributed by atoms with Gasteiger partial charge in [0.05, 0.1) is 11.2 Å². The predicted octanol–water partition coefficient (Wildman–Crippen LogP) is 5.40.